The summed E-state index contributed by atoms with van der Waals surface area (Å²) in [4.78, 5) is 22.1. The Kier molecular flexibility index (Phi) is 7.48. The van der Waals surface area contributed by atoms with Crippen LogP contribution >= 0.6 is 0 Å². The smallest absolute Gasteiger partial charge is 0.303 e. The third-order valence-electron chi connectivity index (χ3n) is 10.9. The van der Waals surface area contributed by atoms with Crippen molar-refractivity contribution in [3.8, 4) is 0 Å². The molecule has 33 heavy (non-hydrogen) atoms. The zero-order valence-corrected chi connectivity index (χ0v) is 21.3. The quantitative estimate of drug-likeness (QED) is 0.349. The van der Waals surface area contributed by atoms with E-state index in [-0.39, 0.29) is 5.97 Å². The van der Waals surface area contributed by atoms with Gasteiger partial charge in [0.2, 0.25) is 0 Å². The van der Waals surface area contributed by atoms with Crippen molar-refractivity contribution >= 4 is 11.9 Å². The second-order valence-corrected chi connectivity index (χ2v) is 12.4. The SMILES string of the molecule is CC(=O)OCCO[C@H]1CC[C@@]2(C)[C@H](CC[C@@H]3[C@@H]2CC[C@]2(C)[C@@H]([C@H](C)CCC(=O)O)CC[C@@H]32)C1. The Balaban J connectivity index is 1.37. The number of carbonyl (C=O) groups excluding carboxylic acids is 1. The zero-order chi connectivity index (χ0) is 23.8. The summed E-state index contributed by atoms with van der Waals surface area (Å²) in [6.45, 7) is 9.79. The van der Waals surface area contributed by atoms with Gasteiger partial charge in [-0.2, -0.15) is 0 Å². The highest BCUT2D eigenvalue weighted by Crippen LogP contribution is 2.68. The molecule has 188 valence electrons. The van der Waals surface area contributed by atoms with Gasteiger partial charge in [-0.25, -0.2) is 0 Å². The van der Waals surface area contributed by atoms with E-state index in [1.165, 1.54) is 51.9 Å². The molecular weight excluding hydrogens is 416 g/mol. The molecule has 5 heteroatoms. The van der Waals surface area contributed by atoms with Crippen molar-refractivity contribution in [2.45, 2.75) is 104 Å². The maximum Gasteiger partial charge on any atom is 0.303 e. The third-order valence-corrected chi connectivity index (χ3v) is 10.9. The van der Waals surface area contributed by atoms with Crippen molar-refractivity contribution in [3.63, 3.8) is 0 Å². The van der Waals surface area contributed by atoms with Gasteiger partial charge in [0.1, 0.15) is 6.61 Å². The standard InChI is InChI=1S/C28H46O5/c1-18(5-10-26(30)31)23-8-9-24-22-7-6-20-17-21(33-16-15-32-19(2)29)11-13-27(20,3)25(22)12-14-28(23,24)4/h18,20-25H,5-17H2,1-4H3,(H,30,31)/t18-,20-,21+,22+,23-,24+,25+,27+,28-/m1/s1. The van der Waals surface area contributed by atoms with Crippen LogP contribution in [0.4, 0.5) is 0 Å². The molecule has 0 amide bonds. The summed E-state index contributed by atoms with van der Waals surface area (Å²) >= 11 is 0. The molecule has 4 saturated carbocycles. The number of rotatable bonds is 8. The van der Waals surface area contributed by atoms with E-state index >= 15 is 0 Å². The summed E-state index contributed by atoms with van der Waals surface area (Å²) < 4.78 is 11.1. The van der Waals surface area contributed by atoms with Gasteiger partial charge < -0.3 is 14.6 Å². The van der Waals surface area contributed by atoms with Crippen LogP contribution in [0, 0.1) is 46.3 Å². The number of aliphatic carboxylic acids is 1. The summed E-state index contributed by atoms with van der Waals surface area (Å²) in [6, 6.07) is 0. The molecule has 0 bridgehead atoms. The lowest BCUT2D eigenvalue weighted by Crippen LogP contribution is -2.54. The van der Waals surface area contributed by atoms with E-state index in [9.17, 15) is 9.59 Å². The van der Waals surface area contributed by atoms with Gasteiger partial charge in [0.15, 0.2) is 0 Å². The van der Waals surface area contributed by atoms with Crippen molar-refractivity contribution in [2.75, 3.05) is 13.2 Å². The zero-order valence-electron chi connectivity index (χ0n) is 21.3. The van der Waals surface area contributed by atoms with Crippen LogP contribution < -0.4 is 0 Å². The molecular formula is C28H46O5. The van der Waals surface area contributed by atoms with Crippen LogP contribution in [-0.4, -0.2) is 36.4 Å². The molecule has 4 rings (SSSR count). The van der Waals surface area contributed by atoms with Crippen molar-refractivity contribution < 1.29 is 24.2 Å². The molecule has 0 heterocycles. The van der Waals surface area contributed by atoms with Gasteiger partial charge in [-0.15, -0.1) is 0 Å². The molecule has 4 aliphatic carbocycles. The number of esters is 1. The molecule has 0 aromatic rings. The van der Waals surface area contributed by atoms with Crippen molar-refractivity contribution in [2.24, 2.45) is 46.3 Å². The molecule has 5 nitrogen and oxygen atoms in total. The Morgan fingerprint density at radius 2 is 1.70 bits per heavy atom. The molecule has 0 radical (unpaired) electrons. The molecule has 0 unspecified atom stereocenters. The summed E-state index contributed by atoms with van der Waals surface area (Å²) in [5.41, 5.74) is 0.840. The minimum Gasteiger partial charge on any atom is -0.481 e. The molecule has 1 N–H and O–H groups in total. The van der Waals surface area contributed by atoms with Crippen LogP contribution in [0.25, 0.3) is 0 Å². The van der Waals surface area contributed by atoms with E-state index in [0.29, 0.717) is 48.4 Å². The first-order chi connectivity index (χ1) is 15.6. The maximum atomic E-state index is 11.1. The average Bonchev–Trinajstić information content (AvgIpc) is 3.12. The number of fused-ring (bicyclic) bond motifs is 5. The second kappa shape index (κ2) is 9.87. The first kappa shape index (κ1) is 25.0. The molecule has 0 aliphatic heterocycles. The van der Waals surface area contributed by atoms with Crippen molar-refractivity contribution in [1.82, 2.24) is 0 Å². The van der Waals surface area contributed by atoms with Crippen molar-refractivity contribution in [1.29, 1.82) is 0 Å². The number of carbonyl (C=O) groups is 2. The average molecular weight is 463 g/mol. The Bertz CT molecular complexity index is 721. The van der Waals surface area contributed by atoms with Gasteiger partial charge in [0, 0.05) is 13.3 Å². The van der Waals surface area contributed by atoms with Gasteiger partial charge in [-0.05, 0) is 111 Å². The first-order valence-electron chi connectivity index (χ1n) is 13.6. The number of hydrogen-bond acceptors (Lipinski definition) is 4. The monoisotopic (exact) mass is 462 g/mol. The van der Waals surface area contributed by atoms with E-state index in [1.807, 2.05) is 0 Å². The summed E-state index contributed by atoms with van der Waals surface area (Å²) in [5, 5.41) is 9.17. The minimum atomic E-state index is -0.650. The lowest BCUT2D eigenvalue weighted by molar-refractivity contribution is -0.148. The van der Waals surface area contributed by atoms with Gasteiger partial charge in [0.25, 0.3) is 0 Å². The lowest BCUT2D eigenvalue weighted by Gasteiger charge is -2.61. The number of carboxylic acid groups (broad SMARTS) is 1. The summed E-state index contributed by atoms with van der Waals surface area (Å²) in [5.74, 6) is 3.58. The fourth-order valence-corrected chi connectivity index (χ4v) is 9.30. The molecule has 4 fully saturated rings. The fourth-order valence-electron chi connectivity index (χ4n) is 9.30. The summed E-state index contributed by atoms with van der Waals surface area (Å²) in [6.07, 6.45) is 13.0. The van der Waals surface area contributed by atoms with Gasteiger partial charge >= 0.3 is 11.9 Å². The predicted octanol–water partition coefficient (Wildman–Crippen LogP) is 6.09. The van der Waals surface area contributed by atoms with E-state index < -0.39 is 5.97 Å². The number of ether oxygens (including phenoxy) is 2. The third kappa shape index (κ3) is 4.86. The number of carboxylic acids is 1. The van der Waals surface area contributed by atoms with Gasteiger partial charge in [-0.3, -0.25) is 9.59 Å². The van der Waals surface area contributed by atoms with E-state index in [2.05, 4.69) is 20.8 Å². The van der Waals surface area contributed by atoms with Gasteiger partial charge in [0.05, 0.1) is 12.7 Å². The van der Waals surface area contributed by atoms with Gasteiger partial charge in [-0.1, -0.05) is 20.8 Å². The lowest BCUT2D eigenvalue weighted by atomic mass is 9.44. The van der Waals surface area contributed by atoms with E-state index in [4.69, 9.17) is 14.6 Å². The second-order valence-electron chi connectivity index (χ2n) is 12.4. The Morgan fingerprint density at radius 1 is 0.970 bits per heavy atom. The molecule has 9 atom stereocenters. The first-order valence-corrected chi connectivity index (χ1v) is 13.6. The van der Waals surface area contributed by atoms with Crippen molar-refractivity contribution in [3.05, 3.63) is 0 Å². The maximum absolute atomic E-state index is 11.1. The largest absolute Gasteiger partial charge is 0.481 e. The molecule has 0 saturated heterocycles. The molecule has 0 aromatic heterocycles. The van der Waals surface area contributed by atoms with Crippen LogP contribution in [-0.2, 0) is 19.1 Å². The Hall–Kier alpha value is -1.10. The predicted molar refractivity (Wildman–Crippen MR) is 128 cm³/mol. The van der Waals surface area contributed by atoms with Crippen LogP contribution in [0.5, 0.6) is 0 Å². The van der Waals surface area contributed by atoms with E-state index in [1.54, 1.807) is 0 Å². The summed E-state index contributed by atoms with van der Waals surface area (Å²) in [7, 11) is 0. The Morgan fingerprint density at radius 3 is 2.42 bits per heavy atom. The molecule has 0 spiro atoms. The number of hydrogen-bond donors (Lipinski definition) is 1. The van der Waals surface area contributed by atoms with Crippen LogP contribution in [0.3, 0.4) is 0 Å². The molecule has 0 aromatic carbocycles. The van der Waals surface area contributed by atoms with E-state index in [0.717, 1.165) is 42.9 Å². The Labute approximate surface area is 200 Å². The topological polar surface area (TPSA) is 72.8 Å². The van der Waals surface area contributed by atoms with Crippen LogP contribution in [0.2, 0.25) is 0 Å². The minimum absolute atomic E-state index is 0.233. The fraction of sp³-hybridized carbons (Fsp3) is 0.929. The highest BCUT2D eigenvalue weighted by atomic mass is 16.6. The highest BCUT2D eigenvalue weighted by Gasteiger charge is 2.60. The highest BCUT2D eigenvalue weighted by molar-refractivity contribution is 5.66. The van der Waals surface area contributed by atoms with Crippen LogP contribution in [0.15, 0.2) is 0 Å². The van der Waals surface area contributed by atoms with Crippen LogP contribution in [0.1, 0.15) is 98.3 Å². The molecule has 4 aliphatic rings. The normalized spacial score (nSPS) is 43.2.